The first kappa shape index (κ1) is 18.9. The third-order valence-electron chi connectivity index (χ3n) is 3.20. The SMILES string of the molecule is OCCOc1ccccc1OCCCOc1ccccc1OCCO. The highest BCUT2D eigenvalue weighted by molar-refractivity contribution is 5.40. The second kappa shape index (κ2) is 11.2. The highest BCUT2D eigenvalue weighted by atomic mass is 16.5. The molecule has 2 aromatic carbocycles. The van der Waals surface area contributed by atoms with Crippen LogP contribution in [0.5, 0.6) is 23.0 Å². The van der Waals surface area contributed by atoms with E-state index in [1.54, 1.807) is 12.1 Å². The van der Waals surface area contributed by atoms with Gasteiger partial charge >= 0.3 is 0 Å². The highest BCUT2D eigenvalue weighted by Gasteiger charge is 2.06. The summed E-state index contributed by atoms with van der Waals surface area (Å²) in [6.45, 7) is 1.32. The molecule has 0 bridgehead atoms. The van der Waals surface area contributed by atoms with E-state index >= 15 is 0 Å². The van der Waals surface area contributed by atoms with Crippen molar-refractivity contribution in [3.8, 4) is 23.0 Å². The van der Waals surface area contributed by atoms with E-state index in [2.05, 4.69) is 0 Å². The number of ether oxygens (including phenoxy) is 4. The van der Waals surface area contributed by atoms with Crippen LogP contribution >= 0.6 is 0 Å². The van der Waals surface area contributed by atoms with Gasteiger partial charge in [0, 0.05) is 6.42 Å². The summed E-state index contributed by atoms with van der Waals surface area (Å²) in [5.74, 6) is 2.51. The molecule has 0 unspecified atom stereocenters. The van der Waals surface area contributed by atoms with E-state index in [1.807, 2.05) is 36.4 Å². The van der Waals surface area contributed by atoms with Gasteiger partial charge in [0.25, 0.3) is 0 Å². The molecule has 0 saturated heterocycles. The Morgan fingerprint density at radius 1 is 0.520 bits per heavy atom. The van der Waals surface area contributed by atoms with Gasteiger partial charge in [-0.2, -0.15) is 0 Å². The summed E-state index contributed by atoms with van der Waals surface area (Å²) in [6, 6.07) is 14.7. The van der Waals surface area contributed by atoms with Gasteiger partial charge < -0.3 is 29.2 Å². The predicted octanol–water partition coefficient (Wildman–Crippen LogP) is 2.28. The van der Waals surface area contributed by atoms with Crippen molar-refractivity contribution in [1.82, 2.24) is 0 Å². The fourth-order valence-corrected chi connectivity index (χ4v) is 2.11. The molecule has 0 aliphatic heterocycles. The summed E-state index contributed by atoms with van der Waals surface area (Å²) in [5.41, 5.74) is 0. The maximum Gasteiger partial charge on any atom is 0.161 e. The molecule has 0 saturated carbocycles. The van der Waals surface area contributed by atoms with Gasteiger partial charge in [-0.05, 0) is 24.3 Å². The fraction of sp³-hybridized carbons (Fsp3) is 0.368. The maximum absolute atomic E-state index is 8.84. The minimum absolute atomic E-state index is 0.0417. The van der Waals surface area contributed by atoms with E-state index in [0.29, 0.717) is 42.6 Å². The first-order chi connectivity index (χ1) is 12.3. The molecular formula is C19H24O6. The summed E-state index contributed by atoms with van der Waals surface area (Å²) in [6.07, 6.45) is 0.683. The Kier molecular flexibility index (Phi) is 8.44. The lowest BCUT2D eigenvalue weighted by Crippen LogP contribution is -2.08. The summed E-state index contributed by atoms with van der Waals surface area (Å²) in [4.78, 5) is 0. The predicted molar refractivity (Wildman–Crippen MR) is 93.7 cm³/mol. The molecule has 0 spiro atoms. The lowest BCUT2D eigenvalue weighted by molar-refractivity contribution is 0.185. The molecule has 0 heterocycles. The van der Waals surface area contributed by atoms with Crippen molar-refractivity contribution in [2.45, 2.75) is 6.42 Å². The van der Waals surface area contributed by atoms with Gasteiger partial charge in [-0.25, -0.2) is 0 Å². The molecule has 25 heavy (non-hydrogen) atoms. The van der Waals surface area contributed by atoms with Crippen molar-refractivity contribution in [2.24, 2.45) is 0 Å². The summed E-state index contributed by atoms with van der Waals surface area (Å²) in [7, 11) is 0. The van der Waals surface area contributed by atoms with Crippen LogP contribution in [0.15, 0.2) is 48.5 Å². The Balaban J connectivity index is 1.75. The van der Waals surface area contributed by atoms with Crippen molar-refractivity contribution in [3.05, 3.63) is 48.5 Å². The van der Waals surface area contributed by atoms with Crippen LogP contribution in [0.25, 0.3) is 0 Å². The summed E-state index contributed by atoms with van der Waals surface area (Å²) < 4.78 is 22.3. The third-order valence-corrected chi connectivity index (χ3v) is 3.20. The van der Waals surface area contributed by atoms with Crippen molar-refractivity contribution in [3.63, 3.8) is 0 Å². The van der Waals surface area contributed by atoms with Crippen molar-refractivity contribution in [1.29, 1.82) is 0 Å². The van der Waals surface area contributed by atoms with E-state index in [9.17, 15) is 0 Å². The Morgan fingerprint density at radius 2 is 0.840 bits per heavy atom. The van der Waals surface area contributed by atoms with Crippen LogP contribution in [-0.2, 0) is 0 Å². The molecule has 2 aromatic rings. The molecule has 0 aromatic heterocycles. The molecule has 2 N–H and O–H groups in total. The molecule has 0 radical (unpaired) electrons. The number of hydrogen-bond acceptors (Lipinski definition) is 6. The first-order valence-electron chi connectivity index (χ1n) is 8.26. The monoisotopic (exact) mass is 348 g/mol. The molecule has 0 aliphatic rings. The van der Waals surface area contributed by atoms with Crippen LogP contribution in [0.3, 0.4) is 0 Å². The van der Waals surface area contributed by atoms with E-state index in [4.69, 9.17) is 29.2 Å². The topological polar surface area (TPSA) is 77.4 Å². The highest BCUT2D eigenvalue weighted by Crippen LogP contribution is 2.27. The summed E-state index contributed by atoms with van der Waals surface area (Å²) >= 11 is 0. The normalized spacial score (nSPS) is 10.3. The third kappa shape index (κ3) is 6.52. The van der Waals surface area contributed by atoms with Gasteiger partial charge in [0.15, 0.2) is 23.0 Å². The Labute approximate surface area is 147 Å². The van der Waals surface area contributed by atoms with Crippen LogP contribution in [0.1, 0.15) is 6.42 Å². The zero-order valence-electron chi connectivity index (χ0n) is 14.1. The van der Waals surface area contributed by atoms with Crippen LogP contribution in [0.2, 0.25) is 0 Å². The van der Waals surface area contributed by atoms with Gasteiger partial charge in [-0.1, -0.05) is 24.3 Å². The number of para-hydroxylation sites is 4. The molecular weight excluding hydrogens is 324 g/mol. The largest absolute Gasteiger partial charge is 0.490 e. The zero-order valence-corrected chi connectivity index (χ0v) is 14.1. The Bertz CT molecular complexity index is 563. The number of aliphatic hydroxyl groups is 2. The number of benzene rings is 2. The number of hydrogen-bond donors (Lipinski definition) is 2. The van der Waals surface area contributed by atoms with Gasteiger partial charge in [-0.15, -0.1) is 0 Å². The van der Waals surface area contributed by atoms with Crippen molar-refractivity contribution < 1.29 is 29.2 Å². The van der Waals surface area contributed by atoms with Crippen LogP contribution in [-0.4, -0.2) is 49.9 Å². The van der Waals surface area contributed by atoms with E-state index in [1.165, 1.54) is 0 Å². The molecule has 0 amide bonds. The van der Waals surface area contributed by atoms with Crippen molar-refractivity contribution in [2.75, 3.05) is 39.6 Å². The van der Waals surface area contributed by atoms with E-state index in [-0.39, 0.29) is 26.4 Å². The lowest BCUT2D eigenvalue weighted by atomic mass is 10.3. The van der Waals surface area contributed by atoms with Crippen LogP contribution in [0.4, 0.5) is 0 Å². The minimum atomic E-state index is -0.0417. The molecule has 0 aliphatic carbocycles. The fourth-order valence-electron chi connectivity index (χ4n) is 2.11. The van der Waals surface area contributed by atoms with Gasteiger partial charge in [-0.3, -0.25) is 0 Å². The van der Waals surface area contributed by atoms with E-state index in [0.717, 1.165) is 0 Å². The van der Waals surface area contributed by atoms with Crippen molar-refractivity contribution >= 4 is 0 Å². The standard InChI is InChI=1S/C19H24O6/c20-10-14-24-18-8-3-1-6-16(18)22-12-5-13-23-17-7-2-4-9-19(17)25-15-11-21/h1-4,6-9,20-21H,5,10-15H2. The van der Waals surface area contributed by atoms with Gasteiger partial charge in [0.1, 0.15) is 13.2 Å². The maximum atomic E-state index is 8.84. The second-order valence-electron chi connectivity index (χ2n) is 5.09. The first-order valence-corrected chi connectivity index (χ1v) is 8.26. The minimum Gasteiger partial charge on any atom is -0.490 e. The summed E-state index contributed by atoms with van der Waals surface area (Å²) in [5, 5.41) is 17.7. The Hall–Kier alpha value is -2.44. The van der Waals surface area contributed by atoms with Crippen LogP contribution < -0.4 is 18.9 Å². The molecule has 0 fully saturated rings. The number of aliphatic hydroxyl groups excluding tert-OH is 2. The van der Waals surface area contributed by atoms with Gasteiger partial charge in [0.2, 0.25) is 0 Å². The average Bonchev–Trinajstić information content (AvgIpc) is 2.66. The lowest BCUT2D eigenvalue weighted by Gasteiger charge is -2.13. The molecule has 2 rings (SSSR count). The van der Waals surface area contributed by atoms with E-state index < -0.39 is 0 Å². The number of rotatable bonds is 12. The van der Waals surface area contributed by atoms with Gasteiger partial charge in [0.05, 0.1) is 26.4 Å². The molecule has 6 heteroatoms. The molecule has 136 valence electrons. The second-order valence-corrected chi connectivity index (χ2v) is 5.09. The van der Waals surface area contributed by atoms with Crippen LogP contribution in [0, 0.1) is 0 Å². The zero-order chi connectivity index (χ0) is 17.7. The molecule has 6 nitrogen and oxygen atoms in total. The quantitative estimate of drug-likeness (QED) is 0.573. The molecule has 0 atom stereocenters. The smallest absolute Gasteiger partial charge is 0.161 e. The average molecular weight is 348 g/mol. The Morgan fingerprint density at radius 3 is 1.16 bits per heavy atom.